The Balaban J connectivity index is 1.89. The minimum absolute atomic E-state index is 0.0419. The molecule has 4 nitrogen and oxygen atoms in total. The maximum absolute atomic E-state index is 4.60. The Hall–Kier alpha value is -0.680. The molecule has 0 aromatic carbocycles. The third-order valence-electron chi connectivity index (χ3n) is 3.56. The Bertz CT molecular complexity index is 375. The molecule has 1 saturated carbocycles. The molecule has 102 valence electrons. The van der Waals surface area contributed by atoms with Gasteiger partial charge in [-0.25, -0.2) is 4.98 Å². The van der Waals surface area contributed by atoms with Crippen LogP contribution in [-0.2, 0) is 5.41 Å². The van der Waals surface area contributed by atoms with E-state index in [-0.39, 0.29) is 5.41 Å². The first-order valence-corrected chi connectivity index (χ1v) is 7.54. The summed E-state index contributed by atoms with van der Waals surface area (Å²) < 4.78 is 4.44. The minimum atomic E-state index is 0.0419. The number of hydrogen-bond donors (Lipinski definition) is 2. The number of anilines is 1. The molecular weight excluding hydrogens is 244 g/mol. The van der Waals surface area contributed by atoms with Crippen LogP contribution in [0.3, 0.4) is 0 Å². The lowest BCUT2D eigenvalue weighted by atomic mass is 9.91. The highest BCUT2D eigenvalue weighted by molar-refractivity contribution is 7.09. The fraction of sp³-hybridized carbons (Fsp3) is 0.846. The highest BCUT2D eigenvalue weighted by Gasteiger charge is 2.23. The molecule has 0 spiro atoms. The SMILES string of the molecule is CNC1CCC(Nc2nc(C(C)(C)C)ns2)CC1. The van der Waals surface area contributed by atoms with E-state index in [1.54, 1.807) is 0 Å². The Morgan fingerprint density at radius 3 is 2.22 bits per heavy atom. The summed E-state index contributed by atoms with van der Waals surface area (Å²) in [5.41, 5.74) is 0.0419. The van der Waals surface area contributed by atoms with Gasteiger partial charge in [0.25, 0.3) is 0 Å². The van der Waals surface area contributed by atoms with E-state index in [9.17, 15) is 0 Å². The monoisotopic (exact) mass is 268 g/mol. The first kappa shape index (κ1) is 13.7. The van der Waals surface area contributed by atoms with Gasteiger partial charge in [0.15, 0.2) is 0 Å². The second kappa shape index (κ2) is 5.53. The molecule has 1 aromatic rings. The average Bonchev–Trinajstić information content (AvgIpc) is 2.78. The number of nitrogens with zero attached hydrogens (tertiary/aromatic N) is 2. The Morgan fingerprint density at radius 1 is 1.11 bits per heavy atom. The third kappa shape index (κ3) is 3.42. The Morgan fingerprint density at radius 2 is 1.72 bits per heavy atom. The van der Waals surface area contributed by atoms with Gasteiger partial charge in [-0.1, -0.05) is 20.8 Å². The van der Waals surface area contributed by atoms with Crippen LogP contribution in [0, 0.1) is 0 Å². The van der Waals surface area contributed by atoms with Gasteiger partial charge >= 0.3 is 0 Å². The van der Waals surface area contributed by atoms with E-state index in [0.717, 1.165) is 11.0 Å². The molecule has 0 bridgehead atoms. The molecule has 5 heteroatoms. The van der Waals surface area contributed by atoms with Crippen molar-refractivity contribution in [3.8, 4) is 0 Å². The van der Waals surface area contributed by atoms with Crippen LogP contribution in [0.4, 0.5) is 5.13 Å². The van der Waals surface area contributed by atoms with Crippen LogP contribution in [0.2, 0.25) is 0 Å². The van der Waals surface area contributed by atoms with Gasteiger partial charge in [-0.15, -0.1) is 0 Å². The van der Waals surface area contributed by atoms with Gasteiger partial charge in [-0.3, -0.25) is 0 Å². The molecule has 2 rings (SSSR count). The van der Waals surface area contributed by atoms with E-state index < -0.39 is 0 Å². The minimum Gasteiger partial charge on any atom is -0.358 e. The van der Waals surface area contributed by atoms with Crippen molar-refractivity contribution in [2.24, 2.45) is 0 Å². The fourth-order valence-electron chi connectivity index (χ4n) is 2.29. The van der Waals surface area contributed by atoms with Crippen molar-refractivity contribution in [2.45, 2.75) is 64.0 Å². The molecule has 0 aliphatic heterocycles. The molecule has 1 aromatic heterocycles. The zero-order valence-electron chi connectivity index (χ0n) is 11.8. The predicted molar refractivity (Wildman–Crippen MR) is 77.3 cm³/mol. The second-order valence-electron chi connectivity index (χ2n) is 6.15. The summed E-state index contributed by atoms with van der Waals surface area (Å²) in [6.45, 7) is 6.45. The van der Waals surface area contributed by atoms with Crippen LogP contribution < -0.4 is 10.6 Å². The van der Waals surface area contributed by atoms with Crippen molar-refractivity contribution in [1.29, 1.82) is 0 Å². The number of hydrogen-bond acceptors (Lipinski definition) is 5. The standard InChI is InChI=1S/C13H24N4S/c1-13(2,3)11-16-12(18-17-11)15-10-7-5-9(14-4)6-8-10/h9-10,14H,5-8H2,1-4H3,(H,15,16,17). The molecule has 0 saturated heterocycles. The molecular formula is C13H24N4S. The summed E-state index contributed by atoms with van der Waals surface area (Å²) in [5.74, 6) is 0.943. The molecule has 0 unspecified atom stereocenters. The van der Waals surface area contributed by atoms with Gasteiger partial charge < -0.3 is 10.6 Å². The van der Waals surface area contributed by atoms with E-state index in [2.05, 4.69) is 47.8 Å². The zero-order valence-corrected chi connectivity index (χ0v) is 12.6. The summed E-state index contributed by atoms with van der Waals surface area (Å²) in [6, 6.07) is 1.26. The van der Waals surface area contributed by atoms with E-state index in [4.69, 9.17) is 0 Å². The maximum atomic E-state index is 4.60. The van der Waals surface area contributed by atoms with Crippen LogP contribution in [0.25, 0.3) is 0 Å². The van der Waals surface area contributed by atoms with Crippen molar-refractivity contribution in [2.75, 3.05) is 12.4 Å². The Labute approximate surface area is 114 Å². The highest BCUT2D eigenvalue weighted by atomic mass is 32.1. The highest BCUT2D eigenvalue weighted by Crippen LogP contribution is 2.26. The molecule has 1 fully saturated rings. The van der Waals surface area contributed by atoms with Crippen LogP contribution >= 0.6 is 11.5 Å². The number of aromatic nitrogens is 2. The molecule has 18 heavy (non-hydrogen) atoms. The lowest BCUT2D eigenvalue weighted by Gasteiger charge is -2.28. The van der Waals surface area contributed by atoms with Crippen molar-refractivity contribution in [3.63, 3.8) is 0 Å². The van der Waals surface area contributed by atoms with E-state index in [1.165, 1.54) is 37.2 Å². The smallest absolute Gasteiger partial charge is 0.202 e. The summed E-state index contributed by atoms with van der Waals surface area (Å²) in [7, 11) is 2.05. The van der Waals surface area contributed by atoms with Crippen molar-refractivity contribution in [1.82, 2.24) is 14.7 Å². The van der Waals surface area contributed by atoms with Crippen LogP contribution in [0.5, 0.6) is 0 Å². The summed E-state index contributed by atoms with van der Waals surface area (Å²) in [5, 5.41) is 7.87. The van der Waals surface area contributed by atoms with E-state index >= 15 is 0 Å². The third-order valence-corrected chi connectivity index (χ3v) is 4.21. The molecule has 1 heterocycles. The average molecular weight is 268 g/mol. The maximum Gasteiger partial charge on any atom is 0.202 e. The largest absolute Gasteiger partial charge is 0.358 e. The molecule has 1 aliphatic carbocycles. The lowest BCUT2D eigenvalue weighted by Crippen LogP contribution is -2.34. The quantitative estimate of drug-likeness (QED) is 0.885. The van der Waals surface area contributed by atoms with Gasteiger partial charge in [-0.05, 0) is 32.7 Å². The molecule has 0 atom stereocenters. The van der Waals surface area contributed by atoms with Crippen molar-refractivity contribution < 1.29 is 0 Å². The molecule has 2 N–H and O–H groups in total. The van der Waals surface area contributed by atoms with E-state index in [1.807, 2.05) is 0 Å². The van der Waals surface area contributed by atoms with Gasteiger partial charge in [0.05, 0.1) is 0 Å². The van der Waals surface area contributed by atoms with Crippen molar-refractivity contribution >= 4 is 16.7 Å². The van der Waals surface area contributed by atoms with Gasteiger partial charge in [-0.2, -0.15) is 4.37 Å². The zero-order chi connectivity index (χ0) is 13.2. The molecule has 1 aliphatic rings. The van der Waals surface area contributed by atoms with E-state index in [0.29, 0.717) is 12.1 Å². The normalized spacial score (nSPS) is 25.1. The lowest BCUT2D eigenvalue weighted by molar-refractivity contribution is 0.371. The molecule has 0 radical (unpaired) electrons. The number of rotatable bonds is 3. The van der Waals surface area contributed by atoms with Gasteiger partial charge in [0.2, 0.25) is 5.13 Å². The van der Waals surface area contributed by atoms with Crippen molar-refractivity contribution in [3.05, 3.63) is 5.82 Å². The Kier molecular flexibility index (Phi) is 4.22. The second-order valence-corrected chi connectivity index (χ2v) is 6.91. The summed E-state index contributed by atoms with van der Waals surface area (Å²) in [6.07, 6.45) is 4.93. The van der Waals surface area contributed by atoms with Crippen LogP contribution in [0.1, 0.15) is 52.3 Å². The van der Waals surface area contributed by atoms with Gasteiger partial charge in [0, 0.05) is 29.0 Å². The van der Waals surface area contributed by atoms with Gasteiger partial charge in [0.1, 0.15) is 5.82 Å². The topological polar surface area (TPSA) is 49.8 Å². The predicted octanol–water partition coefficient (Wildman–Crippen LogP) is 2.78. The first-order valence-electron chi connectivity index (χ1n) is 6.77. The van der Waals surface area contributed by atoms with Crippen LogP contribution in [0.15, 0.2) is 0 Å². The number of nitrogens with one attached hydrogen (secondary N) is 2. The molecule has 0 amide bonds. The van der Waals surface area contributed by atoms with Crippen LogP contribution in [-0.4, -0.2) is 28.5 Å². The fourth-order valence-corrected chi connectivity index (χ4v) is 3.12. The summed E-state index contributed by atoms with van der Waals surface area (Å²) in [4.78, 5) is 4.60. The first-order chi connectivity index (χ1) is 8.49. The summed E-state index contributed by atoms with van der Waals surface area (Å²) >= 11 is 1.49.